The number of H-pyrrole nitrogens is 1. The molecule has 0 fully saturated rings. The predicted octanol–water partition coefficient (Wildman–Crippen LogP) is 3.91. The van der Waals surface area contributed by atoms with Crippen LogP contribution < -0.4 is 10.1 Å². The van der Waals surface area contributed by atoms with Crippen molar-refractivity contribution in [2.45, 2.75) is 19.0 Å². The first-order chi connectivity index (χ1) is 12.7. The molecule has 0 aliphatic rings. The molecule has 2 N–H and O–H groups in total. The predicted molar refractivity (Wildman–Crippen MR) is 104 cm³/mol. The van der Waals surface area contributed by atoms with Crippen molar-refractivity contribution < 1.29 is 9.53 Å². The molecule has 0 atom stereocenters. The van der Waals surface area contributed by atoms with Crippen molar-refractivity contribution >= 4 is 23.4 Å². The summed E-state index contributed by atoms with van der Waals surface area (Å²) in [5.41, 5.74) is 2.78. The van der Waals surface area contributed by atoms with Gasteiger partial charge < -0.3 is 10.1 Å². The van der Waals surface area contributed by atoms with E-state index in [0.717, 1.165) is 11.1 Å². The number of aromatic amines is 1. The number of aryl methyl sites for hydroxylation is 1. The molecular formula is C19H20N4O2S. The Morgan fingerprint density at radius 2 is 1.96 bits per heavy atom. The quantitative estimate of drug-likeness (QED) is 0.618. The number of rotatable bonds is 7. The minimum atomic E-state index is -0.135. The van der Waals surface area contributed by atoms with E-state index < -0.39 is 0 Å². The Kier molecular flexibility index (Phi) is 5.91. The van der Waals surface area contributed by atoms with E-state index in [1.165, 1.54) is 11.8 Å². The Labute approximate surface area is 156 Å². The van der Waals surface area contributed by atoms with Crippen molar-refractivity contribution in [1.29, 1.82) is 0 Å². The molecule has 26 heavy (non-hydrogen) atoms. The summed E-state index contributed by atoms with van der Waals surface area (Å²) < 4.78 is 5.51. The number of hydrogen-bond acceptors (Lipinski definition) is 5. The third kappa shape index (κ3) is 4.43. The summed E-state index contributed by atoms with van der Waals surface area (Å²) in [4.78, 5) is 16.7. The smallest absolute Gasteiger partial charge is 0.234 e. The number of aromatic nitrogens is 3. The van der Waals surface area contributed by atoms with Crippen LogP contribution in [-0.4, -0.2) is 33.4 Å². The van der Waals surface area contributed by atoms with Crippen LogP contribution in [0.15, 0.2) is 53.7 Å². The van der Waals surface area contributed by atoms with E-state index >= 15 is 0 Å². The van der Waals surface area contributed by atoms with E-state index in [1.807, 2.05) is 62.4 Å². The summed E-state index contributed by atoms with van der Waals surface area (Å²) in [6.07, 6.45) is 0. The molecule has 134 valence electrons. The molecule has 0 aliphatic heterocycles. The first-order valence-electron chi connectivity index (χ1n) is 8.30. The second kappa shape index (κ2) is 8.53. The van der Waals surface area contributed by atoms with Gasteiger partial charge in [0.05, 0.1) is 18.0 Å². The number of hydrogen-bond donors (Lipinski definition) is 2. The van der Waals surface area contributed by atoms with Crippen molar-refractivity contribution in [2.24, 2.45) is 0 Å². The number of anilines is 1. The SMILES string of the molecule is CCOc1ccccc1NC(=O)CSc1n[nH]c(-c2ccccc2C)n1. The largest absolute Gasteiger partial charge is 0.492 e. The molecule has 0 bridgehead atoms. The minimum absolute atomic E-state index is 0.135. The van der Waals surface area contributed by atoms with Crippen LogP contribution in [0.4, 0.5) is 5.69 Å². The highest BCUT2D eigenvalue weighted by molar-refractivity contribution is 7.99. The lowest BCUT2D eigenvalue weighted by Gasteiger charge is -2.10. The summed E-state index contributed by atoms with van der Waals surface area (Å²) in [5.74, 6) is 1.44. The van der Waals surface area contributed by atoms with Gasteiger partial charge in [-0.15, -0.1) is 5.10 Å². The third-order valence-electron chi connectivity index (χ3n) is 3.66. The molecule has 1 amide bonds. The average molecular weight is 368 g/mol. The molecule has 0 saturated carbocycles. The van der Waals surface area contributed by atoms with Crippen LogP contribution in [0.5, 0.6) is 5.75 Å². The van der Waals surface area contributed by atoms with Crippen molar-refractivity contribution in [2.75, 3.05) is 17.7 Å². The number of thioether (sulfide) groups is 1. The Bertz CT molecular complexity index is 895. The lowest BCUT2D eigenvalue weighted by molar-refractivity contribution is -0.113. The van der Waals surface area contributed by atoms with Crippen LogP contribution in [0.3, 0.4) is 0 Å². The van der Waals surface area contributed by atoms with Gasteiger partial charge in [-0.2, -0.15) is 0 Å². The van der Waals surface area contributed by atoms with Crippen LogP contribution in [0.25, 0.3) is 11.4 Å². The molecule has 6 nitrogen and oxygen atoms in total. The van der Waals surface area contributed by atoms with Gasteiger partial charge in [-0.05, 0) is 31.5 Å². The molecule has 2 aromatic carbocycles. The van der Waals surface area contributed by atoms with Gasteiger partial charge in [-0.3, -0.25) is 9.89 Å². The van der Waals surface area contributed by atoms with Gasteiger partial charge in [0.2, 0.25) is 11.1 Å². The maximum atomic E-state index is 12.2. The van der Waals surface area contributed by atoms with Crippen LogP contribution >= 0.6 is 11.8 Å². The van der Waals surface area contributed by atoms with E-state index in [9.17, 15) is 4.79 Å². The Morgan fingerprint density at radius 1 is 1.19 bits per heavy atom. The van der Waals surface area contributed by atoms with Crippen LogP contribution in [-0.2, 0) is 4.79 Å². The van der Waals surface area contributed by atoms with Crippen LogP contribution in [0.2, 0.25) is 0 Å². The molecule has 7 heteroatoms. The second-order valence-electron chi connectivity index (χ2n) is 5.55. The standard InChI is InChI=1S/C19H20N4O2S/c1-3-25-16-11-7-6-10-15(16)20-17(24)12-26-19-21-18(22-23-19)14-9-5-4-8-13(14)2/h4-11H,3,12H2,1-2H3,(H,20,24)(H,21,22,23). The number of carbonyl (C=O) groups is 1. The summed E-state index contributed by atoms with van der Waals surface area (Å²) in [6.45, 7) is 4.47. The highest BCUT2D eigenvalue weighted by Gasteiger charge is 2.12. The summed E-state index contributed by atoms with van der Waals surface area (Å²) >= 11 is 1.28. The van der Waals surface area contributed by atoms with Gasteiger partial charge in [0.1, 0.15) is 5.75 Å². The first kappa shape index (κ1) is 18.0. The Morgan fingerprint density at radius 3 is 2.77 bits per heavy atom. The van der Waals surface area contributed by atoms with E-state index in [0.29, 0.717) is 29.0 Å². The van der Waals surface area contributed by atoms with Gasteiger partial charge in [0, 0.05) is 5.56 Å². The molecule has 0 spiro atoms. The van der Waals surface area contributed by atoms with E-state index in [2.05, 4.69) is 20.5 Å². The third-order valence-corrected chi connectivity index (χ3v) is 4.51. The molecule has 1 aromatic heterocycles. The monoisotopic (exact) mass is 368 g/mol. The fourth-order valence-corrected chi connectivity index (χ4v) is 3.04. The molecule has 3 aromatic rings. The lowest BCUT2D eigenvalue weighted by atomic mass is 10.1. The van der Waals surface area contributed by atoms with Crippen molar-refractivity contribution in [3.63, 3.8) is 0 Å². The summed E-state index contributed by atoms with van der Waals surface area (Å²) in [7, 11) is 0. The van der Waals surface area contributed by atoms with Crippen molar-refractivity contribution in [1.82, 2.24) is 15.2 Å². The van der Waals surface area contributed by atoms with Gasteiger partial charge in [0.15, 0.2) is 5.82 Å². The molecule has 0 unspecified atom stereocenters. The van der Waals surface area contributed by atoms with Gasteiger partial charge >= 0.3 is 0 Å². The number of nitrogens with zero attached hydrogens (tertiary/aromatic N) is 2. The molecule has 0 saturated heterocycles. The zero-order chi connectivity index (χ0) is 18.4. The minimum Gasteiger partial charge on any atom is -0.492 e. The molecule has 3 rings (SSSR count). The van der Waals surface area contributed by atoms with E-state index in [-0.39, 0.29) is 11.7 Å². The topological polar surface area (TPSA) is 79.9 Å². The van der Waals surface area contributed by atoms with Gasteiger partial charge in [-0.1, -0.05) is 48.2 Å². The van der Waals surface area contributed by atoms with Gasteiger partial charge in [-0.25, -0.2) is 4.98 Å². The van der Waals surface area contributed by atoms with E-state index in [4.69, 9.17) is 4.74 Å². The molecular weight excluding hydrogens is 348 g/mol. The second-order valence-corrected chi connectivity index (χ2v) is 6.49. The lowest BCUT2D eigenvalue weighted by Crippen LogP contribution is -2.15. The molecule has 0 radical (unpaired) electrons. The Hall–Kier alpha value is -2.80. The zero-order valence-electron chi connectivity index (χ0n) is 14.7. The fraction of sp³-hybridized carbons (Fsp3) is 0.211. The number of ether oxygens (including phenoxy) is 1. The maximum absolute atomic E-state index is 12.2. The number of amides is 1. The number of nitrogens with one attached hydrogen (secondary N) is 2. The highest BCUT2D eigenvalue weighted by atomic mass is 32.2. The number of para-hydroxylation sites is 2. The molecule has 0 aliphatic carbocycles. The van der Waals surface area contributed by atoms with Crippen molar-refractivity contribution in [3.05, 3.63) is 54.1 Å². The number of benzene rings is 2. The number of carbonyl (C=O) groups excluding carboxylic acids is 1. The first-order valence-corrected chi connectivity index (χ1v) is 9.29. The highest BCUT2D eigenvalue weighted by Crippen LogP contribution is 2.25. The van der Waals surface area contributed by atoms with Crippen LogP contribution in [0.1, 0.15) is 12.5 Å². The average Bonchev–Trinajstić information content (AvgIpc) is 3.11. The summed E-state index contributed by atoms with van der Waals surface area (Å²) in [6, 6.07) is 15.3. The fourth-order valence-electron chi connectivity index (χ4n) is 2.44. The van der Waals surface area contributed by atoms with Gasteiger partial charge in [0.25, 0.3) is 0 Å². The normalized spacial score (nSPS) is 10.5. The Balaban J connectivity index is 1.60. The zero-order valence-corrected chi connectivity index (χ0v) is 15.5. The van der Waals surface area contributed by atoms with E-state index in [1.54, 1.807) is 0 Å². The molecule has 1 heterocycles. The van der Waals surface area contributed by atoms with Crippen molar-refractivity contribution in [3.8, 4) is 17.1 Å². The van der Waals surface area contributed by atoms with Crippen LogP contribution in [0, 0.1) is 6.92 Å². The maximum Gasteiger partial charge on any atom is 0.234 e. The summed E-state index contributed by atoms with van der Waals surface area (Å²) in [5, 5.41) is 10.5.